The van der Waals surface area contributed by atoms with Crippen molar-refractivity contribution in [1.29, 1.82) is 0 Å². The molecule has 0 atom stereocenters. The van der Waals surface area contributed by atoms with Crippen LogP contribution in [0, 0.1) is 3.57 Å². The molecule has 1 aliphatic rings. The predicted octanol–water partition coefficient (Wildman–Crippen LogP) is 6.20. The van der Waals surface area contributed by atoms with Gasteiger partial charge in [-0.3, -0.25) is 4.79 Å². The Hall–Kier alpha value is -3.32. The van der Waals surface area contributed by atoms with Crippen LogP contribution in [0.25, 0.3) is 23.4 Å². The lowest BCUT2D eigenvalue weighted by atomic mass is 9.92. The van der Waals surface area contributed by atoms with Gasteiger partial charge < -0.3 is 5.32 Å². The van der Waals surface area contributed by atoms with E-state index in [0.717, 1.165) is 44.5 Å². The number of rotatable bonds is 5. The van der Waals surface area contributed by atoms with E-state index in [1.165, 1.54) is 5.56 Å². The van der Waals surface area contributed by atoms with Gasteiger partial charge in [0.05, 0.1) is 17.8 Å². The van der Waals surface area contributed by atoms with Gasteiger partial charge >= 0.3 is 0 Å². The van der Waals surface area contributed by atoms with Crippen molar-refractivity contribution < 1.29 is 4.79 Å². The highest BCUT2D eigenvalue weighted by Crippen LogP contribution is 2.33. The van der Waals surface area contributed by atoms with E-state index >= 15 is 0 Å². The van der Waals surface area contributed by atoms with Crippen LogP contribution in [-0.2, 0) is 24.1 Å². The number of fused-ring (bicyclic) bond motifs is 3. The van der Waals surface area contributed by atoms with Gasteiger partial charge in [-0.15, -0.1) is 0 Å². The van der Waals surface area contributed by atoms with Gasteiger partial charge in [-0.2, -0.15) is 0 Å². The first-order valence-corrected chi connectivity index (χ1v) is 12.0. The summed E-state index contributed by atoms with van der Waals surface area (Å²) in [6.07, 6.45) is 5.95. The SMILES string of the molecule is O=C(Cc1ccc(I)cc1)Nc1nc2c(nc1C=Cc1ccccc1)-c1ccccc1CC2. The molecular weight excluding hydrogens is 521 g/mol. The van der Waals surface area contributed by atoms with Gasteiger partial charge in [0, 0.05) is 9.13 Å². The highest BCUT2D eigenvalue weighted by atomic mass is 127. The van der Waals surface area contributed by atoms with Crippen molar-refractivity contribution in [1.82, 2.24) is 9.97 Å². The van der Waals surface area contributed by atoms with E-state index in [1.807, 2.05) is 72.8 Å². The summed E-state index contributed by atoms with van der Waals surface area (Å²) in [6, 6.07) is 26.4. The number of hydrogen-bond donors (Lipinski definition) is 1. The number of amides is 1. The second-order valence-electron chi connectivity index (χ2n) is 8.01. The Balaban J connectivity index is 1.50. The van der Waals surface area contributed by atoms with Gasteiger partial charge in [0.2, 0.25) is 5.91 Å². The normalized spacial score (nSPS) is 12.3. The second kappa shape index (κ2) is 9.67. The van der Waals surface area contributed by atoms with Gasteiger partial charge in [-0.25, -0.2) is 9.97 Å². The molecule has 33 heavy (non-hydrogen) atoms. The number of nitrogens with zero attached hydrogens (tertiary/aromatic N) is 2. The lowest BCUT2D eigenvalue weighted by Crippen LogP contribution is -2.19. The smallest absolute Gasteiger partial charge is 0.230 e. The van der Waals surface area contributed by atoms with Crippen LogP contribution in [0.1, 0.15) is 28.1 Å². The van der Waals surface area contributed by atoms with Crippen molar-refractivity contribution in [3.05, 3.63) is 111 Å². The summed E-state index contributed by atoms with van der Waals surface area (Å²) in [5, 5.41) is 3.02. The molecule has 0 aliphatic heterocycles. The third-order valence-electron chi connectivity index (χ3n) is 5.67. The molecule has 0 bridgehead atoms. The lowest BCUT2D eigenvalue weighted by Gasteiger charge is -2.20. The van der Waals surface area contributed by atoms with E-state index in [4.69, 9.17) is 9.97 Å². The van der Waals surface area contributed by atoms with E-state index in [1.54, 1.807) is 0 Å². The minimum Gasteiger partial charge on any atom is -0.309 e. The van der Waals surface area contributed by atoms with Gasteiger partial charge in [0.25, 0.3) is 0 Å². The van der Waals surface area contributed by atoms with Crippen molar-refractivity contribution in [2.45, 2.75) is 19.3 Å². The zero-order valence-corrected chi connectivity index (χ0v) is 20.1. The number of carbonyl (C=O) groups excluding carboxylic acids is 1. The highest BCUT2D eigenvalue weighted by molar-refractivity contribution is 14.1. The fraction of sp³-hybridized carbons (Fsp3) is 0.107. The zero-order valence-electron chi connectivity index (χ0n) is 18.0. The number of anilines is 1. The van der Waals surface area contributed by atoms with Crippen LogP contribution in [0.15, 0.2) is 78.9 Å². The summed E-state index contributed by atoms with van der Waals surface area (Å²) in [6.45, 7) is 0. The third-order valence-corrected chi connectivity index (χ3v) is 6.39. The predicted molar refractivity (Wildman–Crippen MR) is 142 cm³/mol. The second-order valence-corrected chi connectivity index (χ2v) is 9.25. The van der Waals surface area contributed by atoms with Gasteiger partial charge in [0.1, 0.15) is 5.69 Å². The number of aryl methyl sites for hydroxylation is 2. The van der Waals surface area contributed by atoms with Crippen LogP contribution in [0.2, 0.25) is 0 Å². The molecule has 162 valence electrons. The van der Waals surface area contributed by atoms with Gasteiger partial charge in [-0.05, 0) is 70.3 Å². The van der Waals surface area contributed by atoms with Crippen molar-refractivity contribution in [2.75, 3.05) is 5.32 Å². The summed E-state index contributed by atoms with van der Waals surface area (Å²) < 4.78 is 1.14. The van der Waals surface area contributed by atoms with Crippen molar-refractivity contribution in [2.24, 2.45) is 0 Å². The monoisotopic (exact) mass is 543 g/mol. The molecule has 3 aromatic carbocycles. The Morgan fingerprint density at radius 3 is 2.45 bits per heavy atom. The molecule has 0 radical (unpaired) electrons. The maximum atomic E-state index is 12.9. The maximum absolute atomic E-state index is 12.9. The average Bonchev–Trinajstić information content (AvgIpc) is 2.84. The van der Waals surface area contributed by atoms with Crippen LogP contribution >= 0.6 is 22.6 Å². The Labute approximate surface area is 207 Å². The molecule has 1 aliphatic carbocycles. The number of hydrogen-bond acceptors (Lipinski definition) is 3. The molecule has 1 amide bonds. The largest absolute Gasteiger partial charge is 0.309 e. The molecular formula is C28H22IN3O. The third kappa shape index (κ3) is 5.03. The minimum absolute atomic E-state index is 0.101. The van der Waals surface area contributed by atoms with Crippen LogP contribution in [0.5, 0.6) is 0 Å². The Morgan fingerprint density at radius 1 is 0.879 bits per heavy atom. The summed E-state index contributed by atoms with van der Waals surface area (Å²) in [5.74, 6) is 0.409. The molecule has 0 saturated heterocycles. The average molecular weight is 543 g/mol. The van der Waals surface area contributed by atoms with Crippen molar-refractivity contribution >= 4 is 46.5 Å². The molecule has 1 aromatic heterocycles. The standard InChI is InChI=1S/C28H22IN3O/c29-22-14-10-20(11-15-22)18-26(33)32-28-25(16-12-19-6-2-1-3-7-19)30-27-23-9-5-4-8-21(23)13-17-24(27)31-28/h1-12,14-16H,13,17-18H2,(H,31,32,33). The summed E-state index contributed by atoms with van der Waals surface area (Å²) in [4.78, 5) is 22.7. The van der Waals surface area contributed by atoms with Gasteiger partial charge in [0.15, 0.2) is 5.82 Å². The fourth-order valence-electron chi connectivity index (χ4n) is 4.01. The molecule has 1 heterocycles. The number of benzene rings is 3. The van der Waals surface area contributed by atoms with Crippen LogP contribution in [0.4, 0.5) is 5.82 Å². The van der Waals surface area contributed by atoms with Gasteiger partial charge in [-0.1, -0.05) is 72.8 Å². The Bertz CT molecular complexity index is 1330. The molecule has 0 saturated carbocycles. The van der Waals surface area contributed by atoms with Crippen molar-refractivity contribution in [3.8, 4) is 11.3 Å². The summed E-state index contributed by atoms with van der Waals surface area (Å²) >= 11 is 2.26. The van der Waals surface area contributed by atoms with E-state index in [0.29, 0.717) is 17.9 Å². The molecule has 0 spiro atoms. The molecule has 1 N–H and O–H groups in total. The number of carbonyl (C=O) groups is 1. The highest BCUT2D eigenvalue weighted by Gasteiger charge is 2.21. The molecule has 0 fully saturated rings. The molecule has 0 unspecified atom stereocenters. The van der Waals surface area contributed by atoms with E-state index < -0.39 is 0 Å². The van der Waals surface area contributed by atoms with E-state index in [2.05, 4.69) is 46.1 Å². The Kier molecular flexibility index (Phi) is 6.30. The fourth-order valence-corrected chi connectivity index (χ4v) is 4.37. The van der Waals surface area contributed by atoms with Crippen LogP contribution in [-0.4, -0.2) is 15.9 Å². The first-order chi connectivity index (χ1) is 16.2. The topological polar surface area (TPSA) is 54.9 Å². The maximum Gasteiger partial charge on any atom is 0.230 e. The number of aromatic nitrogens is 2. The summed E-state index contributed by atoms with van der Waals surface area (Å²) in [7, 11) is 0. The van der Waals surface area contributed by atoms with Crippen LogP contribution < -0.4 is 5.32 Å². The molecule has 5 rings (SSSR count). The summed E-state index contributed by atoms with van der Waals surface area (Å²) in [5.41, 5.74) is 6.92. The van der Waals surface area contributed by atoms with Crippen molar-refractivity contribution in [3.63, 3.8) is 0 Å². The zero-order chi connectivity index (χ0) is 22.6. The minimum atomic E-state index is -0.101. The van der Waals surface area contributed by atoms with E-state index in [9.17, 15) is 4.79 Å². The van der Waals surface area contributed by atoms with Crippen LogP contribution in [0.3, 0.4) is 0 Å². The Morgan fingerprint density at radius 2 is 1.64 bits per heavy atom. The number of nitrogens with one attached hydrogen (secondary N) is 1. The van der Waals surface area contributed by atoms with E-state index in [-0.39, 0.29) is 5.91 Å². The molecule has 4 nitrogen and oxygen atoms in total. The molecule has 5 heteroatoms. The lowest BCUT2D eigenvalue weighted by molar-refractivity contribution is -0.115. The number of halogens is 1. The first kappa shape index (κ1) is 21.5. The quantitative estimate of drug-likeness (QED) is 0.305. The first-order valence-electron chi connectivity index (χ1n) is 10.9. The molecule has 4 aromatic rings.